The van der Waals surface area contributed by atoms with E-state index in [4.69, 9.17) is 0 Å². The average molecular weight is 244 g/mol. The molecule has 0 radical (unpaired) electrons. The topological polar surface area (TPSA) is 43.2 Å². The minimum absolute atomic E-state index is 0.727. The Hall–Kier alpha value is -1.60. The van der Waals surface area contributed by atoms with Gasteiger partial charge in [0.25, 0.3) is 0 Å². The summed E-state index contributed by atoms with van der Waals surface area (Å²) in [4.78, 5) is 9.16. The lowest BCUT2D eigenvalue weighted by Crippen LogP contribution is -2.30. The van der Waals surface area contributed by atoms with Gasteiger partial charge in [0, 0.05) is 25.3 Å². The molecule has 1 aliphatic heterocycles. The van der Waals surface area contributed by atoms with E-state index in [1.807, 2.05) is 19.9 Å². The number of aromatic nitrogens is 1. The van der Waals surface area contributed by atoms with Gasteiger partial charge in [0.15, 0.2) is 0 Å². The standard InChI is InChI=1S/C14H20N4/c1-11-9-12(2)16-14(13(11)10-15)18-6-4-5-17(3)7-8-18/h9H,4-8H2,1-3H3. The molecule has 0 aliphatic carbocycles. The molecule has 0 unspecified atom stereocenters. The van der Waals surface area contributed by atoms with Crippen molar-refractivity contribution < 1.29 is 0 Å². The fourth-order valence-corrected chi connectivity index (χ4v) is 2.44. The van der Waals surface area contributed by atoms with E-state index in [-0.39, 0.29) is 0 Å². The Bertz CT molecular complexity index is 475. The highest BCUT2D eigenvalue weighted by atomic mass is 15.2. The van der Waals surface area contributed by atoms with Crippen LogP contribution in [0.15, 0.2) is 6.07 Å². The molecule has 1 aromatic rings. The lowest BCUT2D eigenvalue weighted by molar-refractivity contribution is 0.360. The summed E-state index contributed by atoms with van der Waals surface area (Å²) in [6.07, 6.45) is 1.12. The molecule has 4 heteroatoms. The number of hydrogen-bond donors (Lipinski definition) is 0. The smallest absolute Gasteiger partial charge is 0.147 e. The Labute approximate surface area is 109 Å². The number of rotatable bonds is 1. The maximum atomic E-state index is 9.32. The molecule has 18 heavy (non-hydrogen) atoms. The van der Waals surface area contributed by atoms with Crippen LogP contribution in [-0.4, -0.2) is 43.1 Å². The summed E-state index contributed by atoms with van der Waals surface area (Å²) in [5, 5.41) is 9.32. The van der Waals surface area contributed by atoms with Gasteiger partial charge in [0.2, 0.25) is 0 Å². The van der Waals surface area contributed by atoms with E-state index in [0.717, 1.165) is 55.2 Å². The van der Waals surface area contributed by atoms with Crippen LogP contribution in [0.5, 0.6) is 0 Å². The second-order valence-electron chi connectivity index (χ2n) is 5.03. The SMILES string of the molecule is Cc1cc(C)c(C#N)c(N2CCCN(C)CC2)n1. The number of pyridine rings is 1. The van der Waals surface area contributed by atoms with Crippen LogP contribution in [0.25, 0.3) is 0 Å². The number of likely N-dealkylation sites (N-methyl/N-ethyl adjacent to an activating group) is 1. The minimum Gasteiger partial charge on any atom is -0.354 e. The van der Waals surface area contributed by atoms with Gasteiger partial charge >= 0.3 is 0 Å². The predicted octanol–water partition coefficient (Wildman–Crippen LogP) is 1.71. The van der Waals surface area contributed by atoms with Crippen molar-refractivity contribution in [2.24, 2.45) is 0 Å². The fourth-order valence-electron chi connectivity index (χ4n) is 2.44. The molecule has 1 aliphatic rings. The number of nitrogens with zero attached hydrogens (tertiary/aromatic N) is 4. The summed E-state index contributed by atoms with van der Waals surface area (Å²) in [6, 6.07) is 4.28. The molecule has 1 saturated heterocycles. The molecule has 0 amide bonds. The van der Waals surface area contributed by atoms with Crippen molar-refractivity contribution in [1.82, 2.24) is 9.88 Å². The molecule has 0 saturated carbocycles. The summed E-state index contributed by atoms with van der Waals surface area (Å²) in [5.74, 6) is 0.866. The highest BCUT2D eigenvalue weighted by molar-refractivity contribution is 5.58. The maximum absolute atomic E-state index is 9.32. The molecule has 1 aromatic heterocycles. The molecule has 0 bridgehead atoms. The third-order valence-corrected chi connectivity index (χ3v) is 3.46. The zero-order chi connectivity index (χ0) is 13.1. The first-order valence-electron chi connectivity index (χ1n) is 6.43. The van der Waals surface area contributed by atoms with Crippen LogP contribution in [0.2, 0.25) is 0 Å². The summed E-state index contributed by atoms with van der Waals surface area (Å²) in [5.41, 5.74) is 2.74. The van der Waals surface area contributed by atoms with E-state index in [1.54, 1.807) is 0 Å². The molecular weight excluding hydrogens is 224 g/mol. The van der Waals surface area contributed by atoms with Gasteiger partial charge in [-0.15, -0.1) is 0 Å². The Morgan fingerprint density at radius 1 is 1.22 bits per heavy atom. The first-order valence-corrected chi connectivity index (χ1v) is 6.43. The Balaban J connectivity index is 2.35. The van der Waals surface area contributed by atoms with E-state index in [9.17, 15) is 5.26 Å². The second kappa shape index (κ2) is 5.36. The quantitative estimate of drug-likeness (QED) is 0.754. The molecule has 0 spiro atoms. The summed E-state index contributed by atoms with van der Waals surface area (Å²) >= 11 is 0. The third kappa shape index (κ3) is 2.62. The number of hydrogen-bond acceptors (Lipinski definition) is 4. The van der Waals surface area contributed by atoms with Crippen LogP contribution in [-0.2, 0) is 0 Å². The van der Waals surface area contributed by atoms with Crippen LogP contribution in [0.4, 0.5) is 5.82 Å². The zero-order valence-corrected chi connectivity index (χ0v) is 11.4. The maximum Gasteiger partial charge on any atom is 0.147 e. The Kier molecular flexibility index (Phi) is 3.83. The average Bonchev–Trinajstić information content (AvgIpc) is 2.53. The van der Waals surface area contributed by atoms with Crippen molar-refractivity contribution in [3.8, 4) is 6.07 Å². The van der Waals surface area contributed by atoms with Crippen molar-refractivity contribution in [2.75, 3.05) is 38.1 Å². The van der Waals surface area contributed by atoms with Gasteiger partial charge in [-0.25, -0.2) is 4.98 Å². The number of aryl methyl sites for hydroxylation is 2. The second-order valence-corrected chi connectivity index (χ2v) is 5.03. The lowest BCUT2D eigenvalue weighted by Gasteiger charge is -2.23. The third-order valence-electron chi connectivity index (χ3n) is 3.46. The van der Waals surface area contributed by atoms with Gasteiger partial charge in [0.1, 0.15) is 11.9 Å². The van der Waals surface area contributed by atoms with Crippen molar-refractivity contribution in [3.63, 3.8) is 0 Å². The van der Waals surface area contributed by atoms with Gasteiger partial charge in [-0.05, 0) is 45.5 Å². The summed E-state index contributed by atoms with van der Waals surface area (Å²) in [6.45, 7) is 8.04. The molecule has 2 heterocycles. The van der Waals surface area contributed by atoms with Crippen molar-refractivity contribution >= 4 is 5.82 Å². The van der Waals surface area contributed by atoms with Crippen LogP contribution >= 0.6 is 0 Å². The largest absolute Gasteiger partial charge is 0.354 e. The monoisotopic (exact) mass is 244 g/mol. The van der Waals surface area contributed by atoms with Crippen LogP contribution in [0.1, 0.15) is 23.2 Å². The normalized spacial score (nSPS) is 17.3. The zero-order valence-electron chi connectivity index (χ0n) is 11.4. The van der Waals surface area contributed by atoms with E-state index in [0.29, 0.717) is 0 Å². The van der Waals surface area contributed by atoms with Gasteiger partial charge in [0.05, 0.1) is 5.56 Å². The summed E-state index contributed by atoms with van der Waals surface area (Å²) < 4.78 is 0. The molecule has 4 nitrogen and oxygen atoms in total. The van der Waals surface area contributed by atoms with Crippen LogP contribution in [0.3, 0.4) is 0 Å². The van der Waals surface area contributed by atoms with Gasteiger partial charge < -0.3 is 9.80 Å². The molecular formula is C14H20N4. The van der Waals surface area contributed by atoms with Crippen molar-refractivity contribution in [3.05, 3.63) is 22.9 Å². The molecule has 96 valence electrons. The van der Waals surface area contributed by atoms with Crippen LogP contribution < -0.4 is 4.90 Å². The van der Waals surface area contributed by atoms with E-state index >= 15 is 0 Å². The summed E-state index contributed by atoms with van der Waals surface area (Å²) in [7, 11) is 2.14. The molecule has 0 atom stereocenters. The number of nitriles is 1. The van der Waals surface area contributed by atoms with Crippen molar-refractivity contribution in [2.45, 2.75) is 20.3 Å². The fraction of sp³-hybridized carbons (Fsp3) is 0.571. The highest BCUT2D eigenvalue weighted by Crippen LogP contribution is 2.22. The molecule has 0 aromatic carbocycles. The van der Waals surface area contributed by atoms with E-state index in [1.165, 1.54) is 0 Å². The molecule has 0 N–H and O–H groups in total. The van der Waals surface area contributed by atoms with Gasteiger partial charge in [-0.2, -0.15) is 5.26 Å². The Morgan fingerprint density at radius 2 is 2.00 bits per heavy atom. The van der Waals surface area contributed by atoms with E-state index < -0.39 is 0 Å². The Morgan fingerprint density at radius 3 is 2.72 bits per heavy atom. The number of anilines is 1. The lowest BCUT2D eigenvalue weighted by atomic mass is 10.1. The first-order chi connectivity index (χ1) is 8.61. The van der Waals surface area contributed by atoms with Crippen LogP contribution in [0, 0.1) is 25.2 Å². The van der Waals surface area contributed by atoms with E-state index in [2.05, 4.69) is 27.9 Å². The van der Waals surface area contributed by atoms with Crippen molar-refractivity contribution in [1.29, 1.82) is 5.26 Å². The van der Waals surface area contributed by atoms with Gasteiger partial charge in [-0.1, -0.05) is 0 Å². The van der Waals surface area contributed by atoms with Gasteiger partial charge in [-0.3, -0.25) is 0 Å². The highest BCUT2D eigenvalue weighted by Gasteiger charge is 2.18. The first kappa shape index (κ1) is 12.8. The molecule has 2 rings (SSSR count). The molecule has 1 fully saturated rings. The predicted molar refractivity (Wildman–Crippen MR) is 72.8 cm³/mol. The minimum atomic E-state index is 0.727.